The lowest BCUT2D eigenvalue weighted by molar-refractivity contribution is -0.129. The number of esters is 1. The largest absolute Gasteiger partial charge is 0.449 e. The maximum atomic E-state index is 12.8. The lowest BCUT2D eigenvalue weighted by Gasteiger charge is -2.13. The Bertz CT molecular complexity index is 759. The maximum absolute atomic E-state index is 12.8. The average Bonchev–Trinajstić information content (AvgIpc) is 2.79. The van der Waals surface area contributed by atoms with Gasteiger partial charge in [0.05, 0.1) is 5.69 Å². The third-order valence-corrected chi connectivity index (χ3v) is 3.82. The Hall–Kier alpha value is -2.41. The predicted octanol–water partition coefficient (Wildman–Crippen LogP) is 2.38. The van der Waals surface area contributed by atoms with Crippen molar-refractivity contribution in [3.05, 3.63) is 52.1 Å². The molecule has 1 heterocycles. The molecule has 24 heavy (non-hydrogen) atoms. The van der Waals surface area contributed by atoms with E-state index >= 15 is 0 Å². The zero-order chi connectivity index (χ0) is 17.9. The van der Waals surface area contributed by atoms with Gasteiger partial charge in [0.1, 0.15) is 16.5 Å². The van der Waals surface area contributed by atoms with E-state index in [0.29, 0.717) is 5.69 Å². The zero-order valence-electron chi connectivity index (χ0n) is 13.5. The highest BCUT2D eigenvalue weighted by molar-refractivity contribution is 6.32. The molecule has 1 amide bonds. The highest BCUT2D eigenvalue weighted by Crippen LogP contribution is 2.20. The van der Waals surface area contributed by atoms with Crippen LogP contribution in [0.1, 0.15) is 28.5 Å². The Labute approximate surface area is 143 Å². The second-order valence-electron chi connectivity index (χ2n) is 5.27. The normalized spacial score (nSPS) is 11.9. The van der Waals surface area contributed by atoms with Gasteiger partial charge in [0.2, 0.25) is 0 Å². The molecule has 0 saturated heterocycles. The SMILES string of the molecule is Cc1nn(C)c(Cl)c1C(=O)OC(C)C(=O)NCc1ccc(F)cc1. The highest BCUT2D eigenvalue weighted by atomic mass is 35.5. The quantitative estimate of drug-likeness (QED) is 0.838. The van der Waals surface area contributed by atoms with Crippen molar-refractivity contribution in [3.8, 4) is 0 Å². The maximum Gasteiger partial charge on any atom is 0.343 e. The number of halogens is 2. The molecule has 0 aliphatic rings. The number of ether oxygens (including phenoxy) is 1. The number of carbonyl (C=O) groups excluding carboxylic acids is 2. The molecular formula is C16H17ClFN3O3. The van der Waals surface area contributed by atoms with Crippen LogP contribution in [0.5, 0.6) is 0 Å². The van der Waals surface area contributed by atoms with Crippen LogP contribution in [0.2, 0.25) is 5.15 Å². The van der Waals surface area contributed by atoms with Crippen LogP contribution in [-0.4, -0.2) is 27.8 Å². The van der Waals surface area contributed by atoms with E-state index in [4.69, 9.17) is 16.3 Å². The smallest absolute Gasteiger partial charge is 0.343 e. The second-order valence-corrected chi connectivity index (χ2v) is 5.62. The fourth-order valence-electron chi connectivity index (χ4n) is 2.07. The van der Waals surface area contributed by atoms with E-state index in [1.54, 1.807) is 26.1 Å². The summed E-state index contributed by atoms with van der Waals surface area (Å²) >= 11 is 5.99. The summed E-state index contributed by atoms with van der Waals surface area (Å²) < 4.78 is 19.3. The molecule has 0 aliphatic heterocycles. The molecule has 0 bridgehead atoms. The molecule has 0 fully saturated rings. The lowest BCUT2D eigenvalue weighted by Crippen LogP contribution is -2.35. The Balaban J connectivity index is 1.93. The summed E-state index contributed by atoms with van der Waals surface area (Å²) in [6.07, 6.45) is -1.01. The number of carbonyl (C=O) groups is 2. The number of amides is 1. The van der Waals surface area contributed by atoms with Crippen molar-refractivity contribution in [2.45, 2.75) is 26.5 Å². The van der Waals surface area contributed by atoms with Gasteiger partial charge in [-0.15, -0.1) is 0 Å². The number of nitrogens with one attached hydrogen (secondary N) is 1. The minimum atomic E-state index is -1.01. The summed E-state index contributed by atoms with van der Waals surface area (Å²) in [4.78, 5) is 24.2. The van der Waals surface area contributed by atoms with Crippen molar-refractivity contribution in [1.82, 2.24) is 15.1 Å². The molecule has 1 atom stereocenters. The first kappa shape index (κ1) is 17.9. The van der Waals surface area contributed by atoms with Crippen LogP contribution in [0.4, 0.5) is 4.39 Å². The standard InChI is InChI=1S/C16H17ClFN3O3/c1-9-13(14(17)21(3)20-9)16(23)24-10(2)15(22)19-8-11-4-6-12(18)7-5-11/h4-7,10H,8H2,1-3H3,(H,19,22). The summed E-state index contributed by atoms with van der Waals surface area (Å²) in [6.45, 7) is 3.28. The Kier molecular flexibility index (Phi) is 5.56. The number of rotatable bonds is 5. The molecule has 0 radical (unpaired) electrons. The van der Waals surface area contributed by atoms with Crippen molar-refractivity contribution in [2.75, 3.05) is 0 Å². The average molecular weight is 354 g/mol. The van der Waals surface area contributed by atoms with Gasteiger partial charge in [0.15, 0.2) is 6.10 Å². The van der Waals surface area contributed by atoms with Crippen LogP contribution in [0.15, 0.2) is 24.3 Å². The topological polar surface area (TPSA) is 73.2 Å². The summed E-state index contributed by atoms with van der Waals surface area (Å²) in [5, 5.41) is 6.79. The van der Waals surface area contributed by atoms with E-state index in [1.165, 1.54) is 23.7 Å². The summed E-state index contributed by atoms with van der Waals surface area (Å²) in [7, 11) is 1.60. The van der Waals surface area contributed by atoms with Gasteiger partial charge in [-0.2, -0.15) is 5.10 Å². The summed E-state index contributed by atoms with van der Waals surface area (Å²) in [5.41, 5.74) is 1.29. The number of hydrogen-bond donors (Lipinski definition) is 1. The first-order valence-electron chi connectivity index (χ1n) is 7.21. The van der Waals surface area contributed by atoms with Crippen LogP contribution < -0.4 is 5.32 Å². The van der Waals surface area contributed by atoms with Crippen molar-refractivity contribution in [1.29, 1.82) is 0 Å². The zero-order valence-corrected chi connectivity index (χ0v) is 14.2. The van der Waals surface area contributed by atoms with E-state index in [0.717, 1.165) is 5.56 Å². The van der Waals surface area contributed by atoms with Gasteiger partial charge in [0, 0.05) is 13.6 Å². The second kappa shape index (κ2) is 7.44. The van der Waals surface area contributed by atoms with E-state index in [1.807, 2.05) is 0 Å². The van der Waals surface area contributed by atoms with E-state index in [2.05, 4.69) is 10.4 Å². The van der Waals surface area contributed by atoms with E-state index < -0.39 is 18.0 Å². The fraction of sp³-hybridized carbons (Fsp3) is 0.312. The minimum absolute atomic E-state index is 0.136. The van der Waals surface area contributed by atoms with Crippen molar-refractivity contribution in [2.24, 2.45) is 7.05 Å². The van der Waals surface area contributed by atoms with Crippen LogP contribution in [-0.2, 0) is 23.1 Å². The van der Waals surface area contributed by atoms with Crippen molar-refractivity contribution < 1.29 is 18.7 Å². The van der Waals surface area contributed by atoms with Gasteiger partial charge in [-0.3, -0.25) is 9.48 Å². The predicted molar refractivity (Wildman–Crippen MR) is 86.1 cm³/mol. The molecule has 2 rings (SSSR count). The van der Waals surface area contributed by atoms with Crippen molar-refractivity contribution in [3.63, 3.8) is 0 Å². The van der Waals surface area contributed by atoms with Crippen LogP contribution in [0.25, 0.3) is 0 Å². The molecule has 8 heteroatoms. The number of aromatic nitrogens is 2. The molecule has 1 aromatic carbocycles. The Morgan fingerprint density at radius 3 is 2.54 bits per heavy atom. The molecule has 0 aliphatic carbocycles. The molecular weight excluding hydrogens is 337 g/mol. The van der Waals surface area contributed by atoms with Gasteiger partial charge in [-0.1, -0.05) is 23.7 Å². The third kappa shape index (κ3) is 4.11. The monoisotopic (exact) mass is 353 g/mol. The minimum Gasteiger partial charge on any atom is -0.449 e. The molecule has 0 spiro atoms. The van der Waals surface area contributed by atoms with Gasteiger partial charge < -0.3 is 10.1 Å². The number of aryl methyl sites for hydroxylation is 2. The van der Waals surface area contributed by atoms with E-state index in [-0.39, 0.29) is 23.1 Å². The summed E-state index contributed by atoms with van der Waals surface area (Å²) in [5.74, 6) is -1.53. The number of nitrogens with zero attached hydrogens (tertiary/aromatic N) is 2. The van der Waals surface area contributed by atoms with E-state index in [9.17, 15) is 14.0 Å². The van der Waals surface area contributed by atoms with Crippen molar-refractivity contribution >= 4 is 23.5 Å². The van der Waals surface area contributed by atoms with Gasteiger partial charge in [-0.25, -0.2) is 9.18 Å². The van der Waals surface area contributed by atoms with Crippen LogP contribution in [0, 0.1) is 12.7 Å². The molecule has 1 aromatic heterocycles. The summed E-state index contributed by atoms with van der Waals surface area (Å²) in [6, 6.07) is 5.73. The van der Waals surface area contributed by atoms with Crippen LogP contribution >= 0.6 is 11.6 Å². The molecule has 2 aromatic rings. The van der Waals surface area contributed by atoms with Gasteiger partial charge >= 0.3 is 5.97 Å². The number of benzene rings is 1. The Morgan fingerprint density at radius 2 is 2.00 bits per heavy atom. The molecule has 6 nitrogen and oxygen atoms in total. The molecule has 0 saturated carbocycles. The molecule has 1 N–H and O–H groups in total. The fourth-order valence-corrected chi connectivity index (χ4v) is 2.32. The number of hydrogen-bond acceptors (Lipinski definition) is 4. The third-order valence-electron chi connectivity index (χ3n) is 3.39. The van der Waals surface area contributed by atoms with Gasteiger partial charge in [-0.05, 0) is 31.5 Å². The highest BCUT2D eigenvalue weighted by Gasteiger charge is 2.24. The molecule has 128 valence electrons. The first-order chi connectivity index (χ1) is 11.3. The lowest BCUT2D eigenvalue weighted by atomic mass is 10.2. The van der Waals surface area contributed by atoms with Crippen LogP contribution in [0.3, 0.4) is 0 Å². The molecule has 1 unspecified atom stereocenters. The first-order valence-corrected chi connectivity index (χ1v) is 7.59. The Morgan fingerprint density at radius 1 is 1.38 bits per heavy atom. The van der Waals surface area contributed by atoms with Gasteiger partial charge in [0.25, 0.3) is 5.91 Å².